The molecular weight excluding hydrogens is 316 g/mol. The van der Waals surface area contributed by atoms with Crippen LogP contribution in [0.1, 0.15) is 19.3 Å². The van der Waals surface area contributed by atoms with Gasteiger partial charge >= 0.3 is 12.0 Å². The zero-order valence-corrected chi connectivity index (χ0v) is 12.5. The van der Waals surface area contributed by atoms with Crippen LogP contribution in [0.25, 0.3) is 11.0 Å². The molecule has 0 saturated carbocycles. The molecule has 0 aliphatic rings. The maximum absolute atomic E-state index is 11.8. The molecule has 2 rings (SSSR count). The lowest BCUT2D eigenvalue weighted by molar-refractivity contribution is -0.137. The number of carboxylic acids is 1. The summed E-state index contributed by atoms with van der Waals surface area (Å²) in [7, 11) is 0. The van der Waals surface area contributed by atoms with E-state index in [4.69, 9.17) is 16.7 Å². The van der Waals surface area contributed by atoms with Gasteiger partial charge in [-0.15, -0.1) is 0 Å². The van der Waals surface area contributed by atoms with Crippen LogP contribution in [0.5, 0.6) is 0 Å². The minimum absolute atomic E-state index is 0.0962. The first-order valence-corrected chi connectivity index (χ1v) is 7.36. The number of halogens is 1. The molecule has 0 fully saturated rings. The fourth-order valence-corrected chi connectivity index (χ4v) is 2.45. The first kappa shape index (κ1) is 15.5. The van der Waals surface area contributed by atoms with Gasteiger partial charge < -0.3 is 15.7 Å². The predicted molar refractivity (Wildman–Crippen MR) is 80.9 cm³/mol. The van der Waals surface area contributed by atoms with E-state index in [1.165, 1.54) is 0 Å². The number of aromatic nitrogens is 2. The van der Waals surface area contributed by atoms with Crippen molar-refractivity contribution in [2.45, 2.75) is 19.3 Å². The second-order valence-electron chi connectivity index (χ2n) is 4.29. The van der Waals surface area contributed by atoms with Crippen LogP contribution in [-0.4, -0.2) is 32.4 Å². The van der Waals surface area contributed by atoms with Crippen LogP contribution >= 0.6 is 23.3 Å². The first-order valence-electron chi connectivity index (χ1n) is 6.25. The van der Waals surface area contributed by atoms with Crippen molar-refractivity contribution in [1.82, 2.24) is 14.1 Å². The Labute approximate surface area is 129 Å². The number of urea groups is 1. The SMILES string of the molecule is O=C(O)CCCCNC(=O)Nc1c(Cl)ccc2nsnc12. The summed E-state index contributed by atoms with van der Waals surface area (Å²) in [5.41, 5.74) is 1.64. The Hall–Kier alpha value is -1.93. The quantitative estimate of drug-likeness (QED) is 0.707. The number of unbranched alkanes of at least 4 members (excludes halogenated alkanes) is 1. The number of carbonyl (C=O) groups excluding carboxylic acids is 1. The van der Waals surface area contributed by atoms with E-state index in [0.717, 1.165) is 11.7 Å². The minimum Gasteiger partial charge on any atom is -0.481 e. The molecule has 1 heterocycles. The fraction of sp³-hybridized carbons (Fsp3) is 0.333. The van der Waals surface area contributed by atoms with Crippen LogP contribution < -0.4 is 10.6 Å². The highest BCUT2D eigenvalue weighted by Gasteiger charge is 2.12. The molecule has 1 aromatic carbocycles. The van der Waals surface area contributed by atoms with Crippen molar-refractivity contribution in [3.63, 3.8) is 0 Å². The van der Waals surface area contributed by atoms with Gasteiger partial charge in [-0.05, 0) is 25.0 Å². The maximum Gasteiger partial charge on any atom is 0.319 e. The molecule has 0 saturated heterocycles. The zero-order valence-electron chi connectivity index (χ0n) is 10.9. The van der Waals surface area contributed by atoms with Crippen LogP contribution in [0.2, 0.25) is 5.02 Å². The summed E-state index contributed by atoms with van der Waals surface area (Å²) in [4.78, 5) is 22.1. The van der Waals surface area contributed by atoms with E-state index >= 15 is 0 Å². The zero-order chi connectivity index (χ0) is 15.2. The highest BCUT2D eigenvalue weighted by Crippen LogP contribution is 2.29. The van der Waals surface area contributed by atoms with Gasteiger partial charge in [0.1, 0.15) is 11.0 Å². The summed E-state index contributed by atoms with van der Waals surface area (Å²) in [6.07, 6.45) is 1.21. The number of rotatable bonds is 6. The third-order valence-electron chi connectivity index (χ3n) is 2.72. The van der Waals surface area contributed by atoms with Crippen LogP contribution in [0.3, 0.4) is 0 Å². The Morgan fingerprint density at radius 2 is 2.10 bits per heavy atom. The summed E-state index contributed by atoms with van der Waals surface area (Å²) in [5, 5.41) is 14.2. The lowest BCUT2D eigenvalue weighted by Crippen LogP contribution is -2.29. The Kier molecular flexibility index (Phi) is 5.29. The average molecular weight is 329 g/mol. The molecule has 0 radical (unpaired) electrons. The van der Waals surface area contributed by atoms with Gasteiger partial charge in [-0.3, -0.25) is 4.79 Å². The summed E-state index contributed by atoms with van der Waals surface area (Å²) < 4.78 is 8.18. The number of nitrogens with one attached hydrogen (secondary N) is 2. The van der Waals surface area contributed by atoms with Gasteiger partial charge in [0, 0.05) is 13.0 Å². The second-order valence-corrected chi connectivity index (χ2v) is 5.22. The smallest absolute Gasteiger partial charge is 0.319 e. The van der Waals surface area contributed by atoms with E-state index in [-0.39, 0.29) is 6.42 Å². The standard InChI is InChI=1S/C12H13ClN4O3S/c13-7-4-5-8-11(17-21-16-8)10(7)15-12(20)14-6-2-1-3-9(18)19/h4-5H,1-3,6H2,(H,18,19)(H2,14,15,20). The summed E-state index contributed by atoms with van der Waals surface area (Å²) in [6.45, 7) is 0.391. The summed E-state index contributed by atoms with van der Waals surface area (Å²) in [6, 6.07) is 2.97. The Balaban J connectivity index is 1.88. The number of anilines is 1. The number of benzene rings is 1. The molecule has 0 spiro atoms. The molecule has 2 aromatic rings. The lowest BCUT2D eigenvalue weighted by Gasteiger charge is -2.09. The van der Waals surface area contributed by atoms with E-state index in [1.807, 2.05) is 0 Å². The molecular formula is C12H13ClN4O3S. The molecule has 9 heteroatoms. The number of carbonyl (C=O) groups is 2. The predicted octanol–water partition coefficient (Wildman–Crippen LogP) is 2.72. The normalized spacial score (nSPS) is 10.5. The number of aliphatic carboxylic acids is 1. The largest absolute Gasteiger partial charge is 0.481 e. The molecule has 112 valence electrons. The van der Waals surface area contributed by atoms with Gasteiger partial charge in [-0.2, -0.15) is 8.75 Å². The Morgan fingerprint density at radius 3 is 2.86 bits per heavy atom. The van der Waals surface area contributed by atoms with Crippen LogP contribution in [0.4, 0.5) is 10.5 Å². The van der Waals surface area contributed by atoms with Crippen molar-refractivity contribution in [3.05, 3.63) is 17.2 Å². The molecule has 2 amide bonds. The van der Waals surface area contributed by atoms with E-state index in [0.29, 0.717) is 41.1 Å². The van der Waals surface area contributed by atoms with E-state index < -0.39 is 12.0 Å². The van der Waals surface area contributed by atoms with Gasteiger partial charge in [-0.25, -0.2) is 4.79 Å². The third-order valence-corrected chi connectivity index (χ3v) is 3.58. The number of hydrogen-bond acceptors (Lipinski definition) is 5. The van der Waals surface area contributed by atoms with Gasteiger partial charge in [0.15, 0.2) is 0 Å². The number of nitrogens with zero attached hydrogens (tertiary/aromatic N) is 2. The monoisotopic (exact) mass is 328 g/mol. The van der Waals surface area contributed by atoms with Crippen molar-refractivity contribution < 1.29 is 14.7 Å². The van der Waals surface area contributed by atoms with Crippen LogP contribution in [0, 0.1) is 0 Å². The lowest BCUT2D eigenvalue weighted by atomic mass is 10.2. The van der Waals surface area contributed by atoms with Gasteiger partial charge in [0.2, 0.25) is 0 Å². The molecule has 0 bridgehead atoms. The van der Waals surface area contributed by atoms with Crippen molar-refractivity contribution >= 4 is 52.1 Å². The number of amides is 2. The molecule has 7 nitrogen and oxygen atoms in total. The highest BCUT2D eigenvalue weighted by molar-refractivity contribution is 7.00. The summed E-state index contributed by atoms with van der Waals surface area (Å²) >= 11 is 7.10. The van der Waals surface area contributed by atoms with Gasteiger partial charge in [0.05, 0.1) is 22.4 Å². The average Bonchev–Trinajstić information content (AvgIpc) is 2.90. The molecule has 0 aliphatic carbocycles. The topological polar surface area (TPSA) is 104 Å². The van der Waals surface area contributed by atoms with Crippen molar-refractivity contribution in [3.8, 4) is 0 Å². The number of hydrogen-bond donors (Lipinski definition) is 3. The van der Waals surface area contributed by atoms with Gasteiger partial charge in [-0.1, -0.05) is 11.6 Å². The molecule has 21 heavy (non-hydrogen) atoms. The molecule has 3 N–H and O–H groups in total. The fourth-order valence-electron chi connectivity index (χ4n) is 1.71. The van der Waals surface area contributed by atoms with Crippen LogP contribution in [-0.2, 0) is 4.79 Å². The van der Waals surface area contributed by atoms with Crippen molar-refractivity contribution in [1.29, 1.82) is 0 Å². The van der Waals surface area contributed by atoms with E-state index in [2.05, 4.69) is 19.4 Å². The number of carboxylic acid groups (broad SMARTS) is 1. The Morgan fingerprint density at radius 1 is 1.29 bits per heavy atom. The first-order chi connectivity index (χ1) is 10.1. The second kappa shape index (κ2) is 7.19. The molecule has 0 aliphatic heterocycles. The summed E-state index contributed by atoms with van der Waals surface area (Å²) in [5.74, 6) is -0.839. The van der Waals surface area contributed by atoms with E-state index in [9.17, 15) is 9.59 Å². The van der Waals surface area contributed by atoms with Crippen LogP contribution in [0.15, 0.2) is 12.1 Å². The molecule has 0 unspecified atom stereocenters. The van der Waals surface area contributed by atoms with Gasteiger partial charge in [0.25, 0.3) is 0 Å². The highest BCUT2D eigenvalue weighted by atomic mass is 35.5. The molecule has 0 atom stereocenters. The van der Waals surface area contributed by atoms with Crippen molar-refractivity contribution in [2.75, 3.05) is 11.9 Å². The minimum atomic E-state index is -0.839. The van der Waals surface area contributed by atoms with Crippen molar-refractivity contribution in [2.24, 2.45) is 0 Å². The number of fused-ring (bicyclic) bond motifs is 1. The third kappa shape index (κ3) is 4.27. The molecule has 1 aromatic heterocycles. The van der Waals surface area contributed by atoms with E-state index in [1.54, 1.807) is 12.1 Å². The maximum atomic E-state index is 11.8. The Bertz CT molecular complexity index is 661.